The standard InChI is InChI=1S/C28H47N3O3/c1-18(30-34-26(33)31-15-5-6-20(31)17-29-4)23-9-10-24-22-8-7-19-16-21(32)11-13-27(19,2)25(22)12-14-28(23,24)3/h19-25,29,32H,5-17H2,1-4H3/b30-18+/t19-,20+,21-,22+,23-,24+,25+,27+,28-/m1/s1. The lowest BCUT2D eigenvalue weighted by atomic mass is 9.44. The number of fused-ring (bicyclic) bond motifs is 5. The third-order valence-electron chi connectivity index (χ3n) is 11.5. The van der Waals surface area contributed by atoms with Gasteiger partial charge in [-0.05, 0) is 119 Å². The number of likely N-dealkylation sites (N-methyl/N-ethyl adjacent to an activating group) is 1. The van der Waals surface area contributed by atoms with Crippen LogP contribution in [0.1, 0.15) is 91.4 Å². The molecule has 5 rings (SSSR count). The van der Waals surface area contributed by atoms with Crippen molar-refractivity contribution in [1.29, 1.82) is 0 Å². The van der Waals surface area contributed by atoms with Gasteiger partial charge in [0.1, 0.15) is 0 Å². The largest absolute Gasteiger partial charge is 0.436 e. The number of carbonyl (C=O) groups excluding carboxylic acids is 1. The number of oxime groups is 1. The molecule has 2 N–H and O–H groups in total. The third-order valence-corrected chi connectivity index (χ3v) is 11.5. The van der Waals surface area contributed by atoms with E-state index in [0.717, 1.165) is 62.2 Å². The van der Waals surface area contributed by atoms with Gasteiger partial charge in [0.25, 0.3) is 0 Å². The van der Waals surface area contributed by atoms with Crippen LogP contribution in [0.3, 0.4) is 0 Å². The molecule has 1 amide bonds. The van der Waals surface area contributed by atoms with Gasteiger partial charge in [-0.3, -0.25) is 4.84 Å². The van der Waals surface area contributed by atoms with Crippen LogP contribution in [0.5, 0.6) is 0 Å². The summed E-state index contributed by atoms with van der Waals surface area (Å²) in [7, 11) is 1.93. The van der Waals surface area contributed by atoms with Gasteiger partial charge < -0.3 is 15.3 Å². The Morgan fingerprint density at radius 2 is 1.82 bits per heavy atom. The zero-order chi connectivity index (χ0) is 24.1. The van der Waals surface area contributed by atoms with E-state index in [9.17, 15) is 9.90 Å². The van der Waals surface area contributed by atoms with Gasteiger partial charge in [0, 0.05) is 25.0 Å². The van der Waals surface area contributed by atoms with E-state index in [-0.39, 0.29) is 23.7 Å². The van der Waals surface area contributed by atoms with E-state index in [1.807, 2.05) is 11.9 Å². The maximum atomic E-state index is 12.7. The monoisotopic (exact) mass is 473 g/mol. The Kier molecular flexibility index (Phi) is 6.78. The second-order valence-electron chi connectivity index (χ2n) is 12.9. The summed E-state index contributed by atoms with van der Waals surface area (Å²) in [6.45, 7) is 8.73. The van der Waals surface area contributed by atoms with E-state index in [0.29, 0.717) is 17.3 Å². The number of nitrogens with one attached hydrogen (secondary N) is 1. The molecule has 0 spiro atoms. The average Bonchev–Trinajstić information content (AvgIpc) is 3.42. The maximum Gasteiger partial charge on any atom is 0.436 e. The molecular weight excluding hydrogens is 426 g/mol. The average molecular weight is 474 g/mol. The summed E-state index contributed by atoms with van der Waals surface area (Å²) in [4.78, 5) is 20.1. The lowest BCUT2D eigenvalue weighted by Crippen LogP contribution is -2.54. The Morgan fingerprint density at radius 3 is 2.62 bits per heavy atom. The van der Waals surface area contributed by atoms with Crippen molar-refractivity contribution < 1.29 is 14.7 Å². The van der Waals surface area contributed by atoms with Crippen LogP contribution in [0.25, 0.3) is 0 Å². The molecule has 0 radical (unpaired) electrons. The van der Waals surface area contributed by atoms with Crippen LogP contribution in [0.4, 0.5) is 4.79 Å². The molecule has 5 fully saturated rings. The van der Waals surface area contributed by atoms with Gasteiger partial charge in [-0.2, -0.15) is 0 Å². The van der Waals surface area contributed by atoms with E-state index in [1.165, 1.54) is 44.9 Å². The first kappa shape index (κ1) is 24.5. The molecule has 34 heavy (non-hydrogen) atoms. The molecule has 1 saturated heterocycles. The van der Waals surface area contributed by atoms with Crippen LogP contribution in [0.15, 0.2) is 5.16 Å². The van der Waals surface area contributed by atoms with Crippen LogP contribution >= 0.6 is 0 Å². The first-order valence-electron chi connectivity index (χ1n) is 14.1. The predicted octanol–water partition coefficient (Wildman–Crippen LogP) is 5.20. The van der Waals surface area contributed by atoms with Gasteiger partial charge in [-0.25, -0.2) is 4.79 Å². The Hall–Kier alpha value is -1.14. The third kappa shape index (κ3) is 4.01. The van der Waals surface area contributed by atoms with Gasteiger partial charge in [0.2, 0.25) is 0 Å². The van der Waals surface area contributed by atoms with E-state index in [2.05, 4.69) is 31.2 Å². The number of rotatable bonds is 4. The zero-order valence-corrected chi connectivity index (χ0v) is 21.9. The van der Waals surface area contributed by atoms with Crippen molar-refractivity contribution >= 4 is 11.8 Å². The fourth-order valence-corrected chi connectivity index (χ4v) is 9.67. The molecule has 0 unspecified atom stereocenters. The van der Waals surface area contributed by atoms with Gasteiger partial charge in [0.15, 0.2) is 0 Å². The van der Waals surface area contributed by atoms with Crippen LogP contribution in [-0.2, 0) is 4.84 Å². The first-order valence-corrected chi connectivity index (χ1v) is 14.1. The number of nitrogens with zero attached hydrogens (tertiary/aromatic N) is 2. The molecule has 4 aliphatic carbocycles. The Bertz CT molecular complexity index is 802. The minimum atomic E-state index is -0.286. The van der Waals surface area contributed by atoms with Crippen LogP contribution in [0.2, 0.25) is 0 Å². The Balaban J connectivity index is 1.26. The summed E-state index contributed by atoms with van der Waals surface area (Å²) in [6.07, 6.45) is 12.6. The van der Waals surface area contributed by atoms with Crippen LogP contribution in [0, 0.1) is 40.4 Å². The number of hydrogen-bond acceptors (Lipinski definition) is 5. The minimum Gasteiger partial charge on any atom is -0.393 e. The fourth-order valence-electron chi connectivity index (χ4n) is 9.67. The molecule has 6 heteroatoms. The molecule has 1 heterocycles. The van der Waals surface area contributed by atoms with E-state index >= 15 is 0 Å². The van der Waals surface area contributed by atoms with E-state index in [1.54, 1.807) is 0 Å². The fraction of sp³-hybridized carbons (Fsp3) is 0.929. The van der Waals surface area contributed by atoms with E-state index in [4.69, 9.17) is 4.84 Å². The molecule has 0 aromatic rings. The summed E-state index contributed by atoms with van der Waals surface area (Å²) in [5, 5.41) is 17.9. The summed E-state index contributed by atoms with van der Waals surface area (Å²) in [6, 6.07) is 0.217. The van der Waals surface area contributed by atoms with Crippen molar-refractivity contribution in [1.82, 2.24) is 10.2 Å². The smallest absolute Gasteiger partial charge is 0.393 e. The molecule has 5 aliphatic rings. The van der Waals surface area contributed by atoms with Crippen molar-refractivity contribution in [2.75, 3.05) is 20.1 Å². The Labute approximate surface area is 206 Å². The molecule has 9 atom stereocenters. The van der Waals surface area contributed by atoms with E-state index < -0.39 is 0 Å². The number of hydrogen-bond donors (Lipinski definition) is 2. The highest BCUT2D eigenvalue weighted by molar-refractivity contribution is 5.85. The van der Waals surface area contributed by atoms with Gasteiger partial charge in [0.05, 0.1) is 11.8 Å². The molecule has 1 aliphatic heterocycles. The molecule has 0 aromatic heterocycles. The topological polar surface area (TPSA) is 74.2 Å². The number of aliphatic hydroxyl groups excluding tert-OH is 1. The second kappa shape index (κ2) is 9.38. The van der Waals surface area contributed by atoms with Crippen molar-refractivity contribution in [3.63, 3.8) is 0 Å². The van der Waals surface area contributed by atoms with Crippen molar-refractivity contribution in [2.45, 2.75) is 104 Å². The highest BCUT2D eigenvalue weighted by atomic mass is 16.7. The SMILES string of the molecule is CNC[C@@H]1CCCN1C(=O)O/N=C(\C)[C@H]1CC[C@H]2[C@@H]3CC[C@@H]4C[C@H](O)CC[C@]4(C)[C@H]3CC[C@]12C. The lowest BCUT2D eigenvalue weighted by Gasteiger charge is -2.61. The summed E-state index contributed by atoms with van der Waals surface area (Å²) < 4.78 is 0. The predicted molar refractivity (Wildman–Crippen MR) is 134 cm³/mol. The molecule has 192 valence electrons. The molecule has 0 bridgehead atoms. The molecule has 4 saturated carbocycles. The van der Waals surface area contributed by atoms with Crippen molar-refractivity contribution in [3.8, 4) is 0 Å². The number of carbonyl (C=O) groups is 1. The minimum absolute atomic E-state index is 0.0741. The van der Waals surface area contributed by atoms with Gasteiger partial charge in [-0.15, -0.1) is 0 Å². The molecule has 6 nitrogen and oxygen atoms in total. The second-order valence-corrected chi connectivity index (χ2v) is 12.9. The number of aliphatic hydroxyl groups is 1. The summed E-state index contributed by atoms with van der Waals surface area (Å²) >= 11 is 0. The number of amides is 1. The first-order chi connectivity index (χ1) is 16.3. The zero-order valence-electron chi connectivity index (χ0n) is 21.9. The van der Waals surface area contributed by atoms with Crippen LogP contribution in [-0.4, -0.2) is 54.1 Å². The maximum absolute atomic E-state index is 12.7. The quantitative estimate of drug-likeness (QED) is 0.334. The highest BCUT2D eigenvalue weighted by Gasteiger charge is 2.60. The highest BCUT2D eigenvalue weighted by Crippen LogP contribution is 2.67. The summed E-state index contributed by atoms with van der Waals surface area (Å²) in [5.41, 5.74) is 1.70. The normalized spacial score (nSPS) is 46.6. The van der Waals surface area contributed by atoms with Crippen LogP contribution < -0.4 is 5.32 Å². The summed E-state index contributed by atoms with van der Waals surface area (Å²) in [5.74, 6) is 3.49. The molecule has 0 aromatic carbocycles. The number of likely N-dealkylation sites (tertiary alicyclic amines) is 1. The van der Waals surface area contributed by atoms with Crippen molar-refractivity contribution in [2.24, 2.45) is 45.6 Å². The lowest BCUT2D eigenvalue weighted by molar-refractivity contribution is -0.123. The Morgan fingerprint density at radius 1 is 1.06 bits per heavy atom. The molecular formula is C28H47N3O3. The van der Waals surface area contributed by atoms with Gasteiger partial charge in [-0.1, -0.05) is 19.0 Å². The van der Waals surface area contributed by atoms with Crippen molar-refractivity contribution in [3.05, 3.63) is 0 Å². The van der Waals surface area contributed by atoms with Gasteiger partial charge >= 0.3 is 6.09 Å².